The Morgan fingerprint density at radius 3 is 2.65 bits per heavy atom. The highest BCUT2D eigenvalue weighted by Gasteiger charge is 2.37. The number of nitrogens with zero attached hydrogens (tertiary/aromatic N) is 1. The number of ether oxygens (including phenoxy) is 2. The van der Waals surface area contributed by atoms with Gasteiger partial charge in [0.2, 0.25) is 0 Å². The van der Waals surface area contributed by atoms with Crippen LogP contribution >= 0.6 is 0 Å². The highest BCUT2D eigenvalue weighted by Crippen LogP contribution is 2.30. The molecule has 7 nitrogen and oxygen atoms in total. The van der Waals surface area contributed by atoms with E-state index in [9.17, 15) is 8.42 Å². The molecule has 17 heavy (non-hydrogen) atoms. The molecule has 0 saturated heterocycles. The van der Waals surface area contributed by atoms with Crippen LogP contribution < -0.4 is 0 Å². The minimum absolute atomic E-state index is 0.189. The van der Waals surface area contributed by atoms with E-state index in [1.165, 1.54) is 18.8 Å². The van der Waals surface area contributed by atoms with Crippen molar-refractivity contribution in [3.8, 4) is 0 Å². The maximum Gasteiger partial charge on any atom is 0.325 e. The molecule has 1 aromatic rings. The number of hydrogen-bond acceptors (Lipinski definition) is 7. The molecule has 1 aromatic heterocycles. The minimum Gasteiger partial charge on any atom is -0.449 e. The molecule has 0 aromatic carbocycles. The van der Waals surface area contributed by atoms with Crippen LogP contribution in [-0.4, -0.2) is 19.7 Å². The molecular weight excluding hydrogens is 250 g/mol. The van der Waals surface area contributed by atoms with Crippen molar-refractivity contribution in [2.75, 3.05) is 6.26 Å². The highest BCUT2D eigenvalue weighted by molar-refractivity contribution is 7.85. The van der Waals surface area contributed by atoms with E-state index in [4.69, 9.17) is 13.9 Å². The molecule has 1 aliphatic heterocycles. The Balaban J connectivity index is 2.06. The summed E-state index contributed by atoms with van der Waals surface area (Å²) < 4.78 is 41.6. The Morgan fingerprint density at radius 1 is 1.41 bits per heavy atom. The zero-order valence-electron chi connectivity index (χ0n) is 9.24. The average Bonchev–Trinajstić information content (AvgIpc) is 2.83. The smallest absolute Gasteiger partial charge is 0.325 e. The van der Waals surface area contributed by atoms with E-state index in [1.54, 1.807) is 6.92 Å². The molecule has 0 fully saturated rings. The van der Waals surface area contributed by atoms with Crippen molar-refractivity contribution in [1.82, 2.24) is 4.98 Å². The lowest BCUT2D eigenvalue weighted by molar-refractivity contribution is -0.150. The largest absolute Gasteiger partial charge is 0.449 e. The topological polar surface area (TPSA) is 87.9 Å². The maximum atomic E-state index is 10.8. The van der Waals surface area contributed by atoms with Gasteiger partial charge in [-0.25, -0.2) is 4.98 Å². The third kappa shape index (κ3) is 2.77. The van der Waals surface area contributed by atoms with Crippen molar-refractivity contribution < 1.29 is 26.5 Å². The maximum absolute atomic E-state index is 10.8. The first-order chi connectivity index (χ1) is 7.89. The first-order valence-corrected chi connectivity index (χ1v) is 6.51. The second-order valence-electron chi connectivity index (χ2n) is 3.56. The van der Waals surface area contributed by atoms with Crippen molar-refractivity contribution in [3.05, 3.63) is 30.4 Å². The van der Waals surface area contributed by atoms with Gasteiger partial charge in [-0.2, -0.15) is 8.42 Å². The van der Waals surface area contributed by atoms with Gasteiger partial charge in [0.25, 0.3) is 16.0 Å². The van der Waals surface area contributed by atoms with Crippen molar-refractivity contribution in [2.24, 2.45) is 0 Å². The van der Waals surface area contributed by atoms with Gasteiger partial charge in [0, 0.05) is 6.92 Å². The summed E-state index contributed by atoms with van der Waals surface area (Å²) in [5.41, 5.74) is 0.339. The normalized spacial score (nSPS) is 17.8. The first kappa shape index (κ1) is 11.9. The first-order valence-electron chi connectivity index (χ1n) is 4.69. The monoisotopic (exact) mass is 261 g/mol. The summed E-state index contributed by atoms with van der Waals surface area (Å²) in [6.45, 7) is 1.44. The number of oxazole rings is 1. The number of hydrogen-bond donors (Lipinski definition) is 0. The van der Waals surface area contributed by atoms with Gasteiger partial charge in [-0.3, -0.25) is 4.18 Å². The lowest BCUT2D eigenvalue weighted by Gasteiger charge is -2.18. The van der Waals surface area contributed by atoms with Gasteiger partial charge >= 0.3 is 5.79 Å². The lowest BCUT2D eigenvalue weighted by Crippen LogP contribution is -2.22. The van der Waals surface area contributed by atoms with E-state index in [2.05, 4.69) is 9.17 Å². The highest BCUT2D eigenvalue weighted by atomic mass is 32.2. The van der Waals surface area contributed by atoms with Crippen molar-refractivity contribution in [1.29, 1.82) is 0 Å². The summed E-state index contributed by atoms with van der Waals surface area (Å²) in [7, 11) is -3.50. The van der Waals surface area contributed by atoms with Gasteiger partial charge < -0.3 is 13.9 Å². The molecule has 0 unspecified atom stereocenters. The molecule has 0 spiro atoms. The molecular formula is C9H11NO6S. The van der Waals surface area contributed by atoms with Gasteiger partial charge in [0.05, 0.1) is 6.26 Å². The van der Waals surface area contributed by atoms with Gasteiger partial charge in [-0.05, 0) is 0 Å². The SMILES string of the molecule is CC1(c2nc(COS(C)(=O)=O)co2)OC=CO1. The number of aromatic nitrogens is 1. The Hall–Kier alpha value is -1.54. The second kappa shape index (κ2) is 4.04. The number of rotatable bonds is 4. The third-order valence-electron chi connectivity index (χ3n) is 2.00. The fraction of sp³-hybridized carbons (Fsp3) is 0.444. The Morgan fingerprint density at radius 2 is 2.06 bits per heavy atom. The molecule has 0 saturated carbocycles. The van der Waals surface area contributed by atoms with E-state index in [1.807, 2.05) is 0 Å². The quantitative estimate of drug-likeness (QED) is 0.742. The van der Waals surface area contributed by atoms with E-state index < -0.39 is 15.9 Å². The van der Waals surface area contributed by atoms with Gasteiger partial charge in [0.1, 0.15) is 31.1 Å². The molecule has 8 heteroatoms. The predicted molar refractivity (Wildman–Crippen MR) is 54.8 cm³/mol. The summed E-state index contributed by atoms with van der Waals surface area (Å²) in [5, 5.41) is 0. The molecule has 0 N–H and O–H groups in total. The van der Waals surface area contributed by atoms with Crippen LogP contribution in [0.15, 0.2) is 23.2 Å². The summed E-state index contributed by atoms with van der Waals surface area (Å²) >= 11 is 0. The molecule has 94 valence electrons. The molecule has 0 amide bonds. The van der Waals surface area contributed by atoms with Gasteiger partial charge in [-0.1, -0.05) is 0 Å². The van der Waals surface area contributed by atoms with Gasteiger partial charge in [0.15, 0.2) is 0 Å². The minimum atomic E-state index is -3.50. The molecule has 2 rings (SSSR count). The summed E-state index contributed by atoms with van der Waals surface area (Å²) in [6.07, 6.45) is 4.99. The summed E-state index contributed by atoms with van der Waals surface area (Å²) in [5.74, 6) is -0.918. The van der Waals surface area contributed by atoms with Crippen LogP contribution in [-0.2, 0) is 36.2 Å². The Labute approximate surface area is 98.1 Å². The predicted octanol–water partition coefficient (Wildman–Crippen LogP) is 0.842. The van der Waals surface area contributed by atoms with Crippen molar-refractivity contribution in [2.45, 2.75) is 19.3 Å². The fourth-order valence-electron chi connectivity index (χ4n) is 1.19. The van der Waals surface area contributed by atoms with Crippen molar-refractivity contribution >= 4 is 10.1 Å². The fourth-order valence-corrected chi connectivity index (χ4v) is 1.53. The van der Waals surface area contributed by atoms with Crippen LogP contribution in [0.5, 0.6) is 0 Å². The van der Waals surface area contributed by atoms with E-state index in [-0.39, 0.29) is 12.5 Å². The molecule has 0 atom stereocenters. The van der Waals surface area contributed by atoms with Crippen LogP contribution in [0.25, 0.3) is 0 Å². The van der Waals surface area contributed by atoms with E-state index in [0.29, 0.717) is 5.69 Å². The molecule has 0 aliphatic carbocycles. The zero-order valence-corrected chi connectivity index (χ0v) is 10.1. The van der Waals surface area contributed by atoms with Crippen LogP contribution in [0.3, 0.4) is 0 Å². The van der Waals surface area contributed by atoms with Crippen LogP contribution in [0.2, 0.25) is 0 Å². The molecule has 2 heterocycles. The molecule has 1 aliphatic rings. The molecule has 0 bridgehead atoms. The van der Waals surface area contributed by atoms with Crippen molar-refractivity contribution in [3.63, 3.8) is 0 Å². The van der Waals surface area contributed by atoms with E-state index in [0.717, 1.165) is 6.26 Å². The third-order valence-corrected chi connectivity index (χ3v) is 2.55. The Bertz CT molecular complexity index is 523. The second-order valence-corrected chi connectivity index (χ2v) is 5.21. The van der Waals surface area contributed by atoms with E-state index >= 15 is 0 Å². The van der Waals surface area contributed by atoms with Crippen LogP contribution in [0.1, 0.15) is 18.5 Å². The zero-order chi connectivity index (χ0) is 12.5. The molecule has 0 radical (unpaired) electrons. The van der Waals surface area contributed by atoms with Crippen LogP contribution in [0.4, 0.5) is 0 Å². The van der Waals surface area contributed by atoms with Gasteiger partial charge in [-0.15, -0.1) is 0 Å². The Kier molecular flexibility index (Phi) is 2.84. The average molecular weight is 261 g/mol. The standard InChI is InChI=1S/C9H11NO6S/c1-9(14-3-4-15-9)8-10-7(5-13-8)6-16-17(2,11)12/h3-5H,6H2,1-2H3. The lowest BCUT2D eigenvalue weighted by atomic mass is 10.3. The summed E-state index contributed by atoms with van der Waals surface area (Å²) in [6, 6.07) is 0. The summed E-state index contributed by atoms with van der Waals surface area (Å²) in [4.78, 5) is 4.02. The van der Waals surface area contributed by atoms with Crippen LogP contribution in [0, 0.1) is 0 Å².